The van der Waals surface area contributed by atoms with Crippen molar-refractivity contribution in [3.05, 3.63) is 88.4 Å². The Labute approximate surface area is 237 Å². The first-order valence-electron chi connectivity index (χ1n) is 13.3. The molecule has 6 rings (SSSR count). The van der Waals surface area contributed by atoms with E-state index in [9.17, 15) is 9.59 Å². The second-order valence-corrected chi connectivity index (χ2v) is 11.4. The monoisotopic (exact) mass is 554 g/mol. The fraction of sp³-hybridized carbons (Fsp3) is 0.258. The van der Waals surface area contributed by atoms with Crippen LogP contribution in [-0.2, 0) is 6.54 Å². The highest BCUT2D eigenvalue weighted by Crippen LogP contribution is 2.38. The fourth-order valence-electron chi connectivity index (χ4n) is 4.84. The molecule has 2 N–H and O–H groups in total. The molecule has 0 radical (unpaired) electrons. The van der Waals surface area contributed by atoms with Crippen LogP contribution in [-0.4, -0.2) is 46.9 Å². The van der Waals surface area contributed by atoms with Gasteiger partial charge in [0.25, 0.3) is 11.8 Å². The van der Waals surface area contributed by atoms with Crippen LogP contribution >= 0.6 is 11.3 Å². The van der Waals surface area contributed by atoms with Gasteiger partial charge in [-0.2, -0.15) is 0 Å². The molecule has 0 bridgehead atoms. The van der Waals surface area contributed by atoms with Crippen LogP contribution < -0.4 is 20.1 Å². The molecule has 2 aliphatic heterocycles. The van der Waals surface area contributed by atoms with Crippen LogP contribution in [0, 0.1) is 6.92 Å². The van der Waals surface area contributed by atoms with Crippen molar-refractivity contribution < 1.29 is 19.1 Å². The average molecular weight is 555 g/mol. The number of amides is 2. The van der Waals surface area contributed by atoms with Gasteiger partial charge in [0.15, 0.2) is 5.75 Å². The van der Waals surface area contributed by atoms with Gasteiger partial charge in [-0.25, -0.2) is 4.98 Å². The van der Waals surface area contributed by atoms with Gasteiger partial charge >= 0.3 is 0 Å². The predicted octanol–water partition coefficient (Wildman–Crippen LogP) is 5.88. The second kappa shape index (κ2) is 10.7. The number of aromatic nitrogens is 1. The summed E-state index contributed by atoms with van der Waals surface area (Å²) in [6, 6.07) is 19.0. The minimum atomic E-state index is -0.271. The van der Waals surface area contributed by atoms with Crippen molar-refractivity contribution in [2.45, 2.75) is 39.5 Å². The molecule has 1 saturated heterocycles. The number of ether oxygens (including phenoxy) is 2. The lowest BCUT2D eigenvalue weighted by atomic mass is 10.0. The van der Waals surface area contributed by atoms with Crippen molar-refractivity contribution in [2.24, 2.45) is 0 Å². The molecular weight excluding hydrogens is 524 g/mol. The predicted molar refractivity (Wildman–Crippen MR) is 155 cm³/mol. The molecule has 2 aliphatic rings. The number of likely N-dealkylation sites (tertiary alicyclic amines) is 1. The summed E-state index contributed by atoms with van der Waals surface area (Å²) < 4.78 is 12.0. The number of rotatable bonds is 7. The molecule has 204 valence electrons. The van der Waals surface area contributed by atoms with E-state index in [4.69, 9.17) is 9.47 Å². The van der Waals surface area contributed by atoms with Crippen molar-refractivity contribution in [3.63, 3.8) is 0 Å². The zero-order valence-corrected chi connectivity index (χ0v) is 23.4. The summed E-state index contributed by atoms with van der Waals surface area (Å²) in [5.74, 6) is 1.34. The summed E-state index contributed by atoms with van der Waals surface area (Å²) in [5, 5.41) is 6.76. The average Bonchev–Trinajstić information content (AvgIpc) is 3.34. The number of benzene rings is 3. The summed E-state index contributed by atoms with van der Waals surface area (Å²) in [6.07, 6.45) is 2.03. The Morgan fingerprint density at radius 1 is 1.12 bits per heavy atom. The molecule has 4 aromatic rings. The number of nitrogens with one attached hydrogen (secondary N) is 2. The number of carbonyl (C=O) groups is 2. The van der Waals surface area contributed by atoms with Gasteiger partial charge in [0.2, 0.25) is 0 Å². The maximum atomic E-state index is 13.1. The lowest BCUT2D eigenvalue weighted by Gasteiger charge is -2.41. The van der Waals surface area contributed by atoms with Crippen LogP contribution in [0.25, 0.3) is 10.6 Å². The highest BCUT2D eigenvalue weighted by atomic mass is 32.1. The lowest BCUT2D eigenvalue weighted by Crippen LogP contribution is -2.56. The zero-order valence-electron chi connectivity index (χ0n) is 22.6. The van der Waals surface area contributed by atoms with Crippen molar-refractivity contribution in [1.29, 1.82) is 0 Å². The van der Waals surface area contributed by atoms with E-state index in [1.165, 1.54) is 11.3 Å². The standard InChI is InChI=1S/C31H30N4O4S/c1-18(2)35-16-22(17-35)38-21-10-8-20(9-11-21)31-33-15-23(40-31)14-32-29(36)24-12-13-27-28(19(24)3)34-30(37)25-6-4-5-7-26(25)39-27/h4-13,15,18,22H,14,16-17H2,1-3H3,(H,32,36)(H,34,37). The first-order valence-corrected chi connectivity index (χ1v) is 14.1. The van der Waals surface area contributed by atoms with Gasteiger partial charge in [-0.05, 0) is 74.9 Å². The molecule has 8 nitrogen and oxygen atoms in total. The number of hydrogen-bond acceptors (Lipinski definition) is 7. The fourth-order valence-corrected chi connectivity index (χ4v) is 5.69. The van der Waals surface area contributed by atoms with Gasteiger partial charge in [0, 0.05) is 41.3 Å². The first-order chi connectivity index (χ1) is 19.4. The largest absolute Gasteiger partial charge is 0.488 e. The molecule has 0 spiro atoms. The van der Waals surface area contributed by atoms with E-state index in [2.05, 4.69) is 34.4 Å². The Kier molecular flexibility index (Phi) is 7.00. The number of carbonyl (C=O) groups excluding carboxylic acids is 2. The van der Waals surface area contributed by atoms with Crippen LogP contribution in [0.2, 0.25) is 0 Å². The van der Waals surface area contributed by atoms with E-state index >= 15 is 0 Å². The lowest BCUT2D eigenvalue weighted by molar-refractivity contribution is 0.000159. The number of nitrogens with zero attached hydrogens (tertiary/aromatic N) is 2. The van der Waals surface area contributed by atoms with Crippen molar-refractivity contribution in [3.8, 4) is 27.8 Å². The van der Waals surface area contributed by atoms with Crippen LogP contribution in [0.15, 0.2) is 66.9 Å². The van der Waals surface area contributed by atoms with Crippen molar-refractivity contribution >= 4 is 28.8 Å². The Morgan fingerprint density at radius 3 is 2.67 bits per heavy atom. The Morgan fingerprint density at radius 2 is 1.90 bits per heavy atom. The zero-order chi connectivity index (χ0) is 27.8. The summed E-state index contributed by atoms with van der Waals surface area (Å²) in [5.41, 5.74) is 3.06. The summed E-state index contributed by atoms with van der Waals surface area (Å²) in [7, 11) is 0. The topological polar surface area (TPSA) is 92.8 Å². The number of thiazole rings is 1. The minimum Gasteiger partial charge on any atom is -0.488 e. The van der Waals surface area contributed by atoms with Gasteiger partial charge in [0.1, 0.15) is 22.6 Å². The van der Waals surface area contributed by atoms with Crippen LogP contribution in [0.1, 0.15) is 45.0 Å². The van der Waals surface area contributed by atoms with E-state index in [0.717, 1.165) is 34.3 Å². The number of para-hydroxylation sites is 1. The van der Waals surface area contributed by atoms with Crippen molar-refractivity contribution in [1.82, 2.24) is 15.2 Å². The van der Waals surface area contributed by atoms with Crippen LogP contribution in [0.5, 0.6) is 17.2 Å². The maximum Gasteiger partial charge on any atom is 0.259 e. The second-order valence-electron chi connectivity index (χ2n) is 10.3. The molecule has 0 atom stereocenters. The quantitative estimate of drug-likeness (QED) is 0.297. The molecule has 9 heteroatoms. The van der Waals surface area contributed by atoms with Crippen molar-refractivity contribution in [2.75, 3.05) is 18.4 Å². The molecule has 1 fully saturated rings. The summed E-state index contributed by atoms with van der Waals surface area (Å²) in [4.78, 5) is 33.7. The highest BCUT2D eigenvalue weighted by Gasteiger charge is 2.30. The molecule has 3 heterocycles. The molecule has 40 heavy (non-hydrogen) atoms. The SMILES string of the molecule is Cc1c(C(=O)NCc2cnc(-c3ccc(OC4CN(C(C)C)C4)cc3)s2)ccc2c1NC(=O)c1ccccc1O2. The third-order valence-corrected chi connectivity index (χ3v) is 8.30. The highest BCUT2D eigenvalue weighted by molar-refractivity contribution is 7.15. The Balaban J connectivity index is 1.08. The summed E-state index contributed by atoms with van der Waals surface area (Å²) in [6.45, 7) is 8.47. The smallest absolute Gasteiger partial charge is 0.259 e. The van der Waals surface area contributed by atoms with Gasteiger partial charge in [-0.1, -0.05) is 12.1 Å². The van der Waals surface area contributed by atoms with Gasteiger partial charge in [0.05, 0.1) is 17.8 Å². The van der Waals surface area contributed by atoms with E-state index in [1.807, 2.05) is 30.3 Å². The van der Waals surface area contributed by atoms with E-state index < -0.39 is 0 Å². The molecule has 1 aromatic heterocycles. The van der Waals surface area contributed by atoms with Crippen LogP contribution in [0.3, 0.4) is 0 Å². The minimum absolute atomic E-state index is 0.236. The molecule has 0 unspecified atom stereocenters. The first kappa shape index (κ1) is 26.0. The molecule has 3 aromatic carbocycles. The molecule has 2 amide bonds. The number of fused-ring (bicyclic) bond motifs is 2. The van der Waals surface area contributed by atoms with Gasteiger partial charge < -0.3 is 20.1 Å². The molecule has 0 saturated carbocycles. The Hall–Kier alpha value is -4.21. The van der Waals surface area contributed by atoms with Crippen LogP contribution in [0.4, 0.5) is 5.69 Å². The third-order valence-electron chi connectivity index (χ3n) is 7.25. The Bertz CT molecular complexity index is 1570. The summed E-state index contributed by atoms with van der Waals surface area (Å²) >= 11 is 1.53. The molecular formula is C31H30N4O4S. The van der Waals surface area contributed by atoms with E-state index in [-0.39, 0.29) is 17.9 Å². The number of anilines is 1. The maximum absolute atomic E-state index is 13.1. The van der Waals surface area contributed by atoms with Gasteiger partial charge in [-0.15, -0.1) is 11.3 Å². The number of hydrogen-bond donors (Lipinski definition) is 2. The van der Waals surface area contributed by atoms with E-state index in [1.54, 1.807) is 43.5 Å². The normalized spacial score (nSPS) is 14.8. The third kappa shape index (κ3) is 5.17. The van der Waals surface area contributed by atoms with E-state index in [0.29, 0.717) is 46.5 Å². The molecule has 0 aliphatic carbocycles. The van der Waals surface area contributed by atoms with Gasteiger partial charge in [-0.3, -0.25) is 14.5 Å².